The third kappa shape index (κ3) is 4.29. The van der Waals surface area contributed by atoms with E-state index in [1.807, 2.05) is 0 Å². The van der Waals surface area contributed by atoms with Crippen molar-refractivity contribution in [2.24, 2.45) is 0 Å². The fourth-order valence-electron chi connectivity index (χ4n) is 2.31. The number of hydrogen-bond donors (Lipinski definition) is 2. The molecule has 0 aliphatic heterocycles. The molecule has 1 aliphatic carbocycles. The molecule has 21 heavy (non-hydrogen) atoms. The van der Waals surface area contributed by atoms with Crippen molar-refractivity contribution in [2.45, 2.75) is 36.7 Å². The number of anilines is 1. The molecule has 0 heterocycles. The summed E-state index contributed by atoms with van der Waals surface area (Å²) in [6.45, 7) is 0.326. The maximum atomic E-state index is 13.8. The lowest BCUT2D eigenvalue weighted by atomic mass is 10.3. The third-order valence-corrected chi connectivity index (χ3v) is 5.05. The summed E-state index contributed by atoms with van der Waals surface area (Å²) in [7, 11) is -4.00. The SMILES string of the molecule is Nc1cc(Cl)cc(S(=O)(=O)NCCOC2CCCC2)c1F. The van der Waals surface area contributed by atoms with Gasteiger partial charge < -0.3 is 10.5 Å². The van der Waals surface area contributed by atoms with Crippen LogP contribution in [-0.2, 0) is 14.8 Å². The summed E-state index contributed by atoms with van der Waals surface area (Å²) < 4.78 is 45.7. The van der Waals surface area contributed by atoms with Crippen molar-refractivity contribution in [1.82, 2.24) is 4.72 Å². The minimum atomic E-state index is -4.00. The first-order valence-corrected chi connectivity index (χ1v) is 8.62. The standard InChI is InChI=1S/C13H18ClFN2O3S/c14-9-7-11(16)13(15)12(8-9)21(18,19)17-5-6-20-10-3-1-2-4-10/h7-8,10,17H,1-6,16H2. The van der Waals surface area contributed by atoms with Crippen LogP contribution in [0.4, 0.5) is 10.1 Å². The second-order valence-electron chi connectivity index (χ2n) is 4.98. The molecular formula is C13H18ClFN2O3S. The number of halogens is 2. The van der Waals surface area contributed by atoms with Gasteiger partial charge in [0.25, 0.3) is 0 Å². The lowest BCUT2D eigenvalue weighted by molar-refractivity contribution is 0.0626. The molecule has 1 saturated carbocycles. The highest BCUT2D eigenvalue weighted by Crippen LogP contribution is 2.25. The quantitative estimate of drug-likeness (QED) is 0.617. The zero-order chi connectivity index (χ0) is 15.5. The summed E-state index contributed by atoms with van der Waals surface area (Å²) in [5.74, 6) is -0.997. The van der Waals surface area contributed by atoms with E-state index in [2.05, 4.69) is 4.72 Å². The van der Waals surface area contributed by atoms with E-state index in [9.17, 15) is 12.8 Å². The first-order chi connectivity index (χ1) is 9.90. The van der Waals surface area contributed by atoms with Crippen LogP contribution in [-0.4, -0.2) is 27.7 Å². The number of hydrogen-bond acceptors (Lipinski definition) is 4. The van der Waals surface area contributed by atoms with Crippen LogP contribution >= 0.6 is 11.6 Å². The van der Waals surface area contributed by atoms with E-state index >= 15 is 0 Å². The van der Waals surface area contributed by atoms with Gasteiger partial charge in [-0.2, -0.15) is 0 Å². The maximum absolute atomic E-state index is 13.8. The molecule has 0 saturated heterocycles. The van der Waals surface area contributed by atoms with Crippen molar-refractivity contribution in [1.29, 1.82) is 0 Å². The molecule has 1 aliphatic rings. The average molecular weight is 337 g/mol. The van der Waals surface area contributed by atoms with Crippen LogP contribution in [0.1, 0.15) is 25.7 Å². The van der Waals surface area contributed by atoms with Crippen LogP contribution in [0.15, 0.2) is 17.0 Å². The van der Waals surface area contributed by atoms with Crippen LogP contribution in [0.2, 0.25) is 5.02 Å². The van der Waals surface area contributed by atoms with E-state index in [4.69, 9.17) is 22.1 Å². The molecule has 5 nitrogen and oxygen atoms in total. The summed E-state index contributed by atoms with van der Waals surface area (Å²) in [6, 6.07) is 2.20. The summed E-state index contributed by atoms with van der Waals surface area (Å²) in [4.78, 5) is -0.548. The van der Waals surface area contributed by atoms with Crippen molar-refractivity contribution < 1.29 is 17.5 Å². The minimum absolute atomic E-state index is 0.0662. The summed E-state index contributed by atoms with van der Waals surface area (Å²) in [6.07, 6.45) is 4.50. The van der Waals surface area contributed by atoms with Gasteiger partial charge >= 0.3 is 0 Å². The Morgan fingerprint density at radius 3 is 2.71 bits per heavy atom. The average Bonchev–Trinajstić information content (AvgIpc) is 2.92. The first kappa shape index (κ1) is 16.5. The van der Waals surface area contributed by atoms with Gasteiger partial charge in [-0.15, -0.1) is 0 Å². The molecule has 0 spiro atoms. The normalized spacial score (nSPS) is 16.5. The Morgan fingerprint density at radius 2 is 2.05 bits per heavy atom. The maximum Gasteiger partial charge on any atom is 0.243 e. The van der Waals surface area contributed by atoms with Crippen molar-refractivity contribution in [2.75, 3.05) is 18.9 Å². The molecule has 0 aromatic heterocycles. The number of nitrogens with one attached hydrogen (secondary N) is 1. The Labute approximate surface area is 128 Å². The monoisotopic (exact) mass is 336 g/mol. The van der Waals surface area contributed by atoms with Crippen LogP contribution in [0.5, 0.6) is 0 Å². The van der Waals surface area contributed by atoms with Crippen molar-refractivity contribution in [3.63, 3.8) is 0 Å². The molecule has 3 N–H and O–H groups in total. The number of nitrogen functional groups attached to an aromatic ring is 1. The highest BCUT2D eigenvalue weighted by atomic mass is 35.5. The van der Waals surface area contributed by atoms with Gasteiger partial charge in [0.05, 0.1) is 18.4 Å². The van der Waals surface area contributed by atoms with Gasteiger partial charge in [-0.25, -0.2) is 17.5 Å². The Kier molecular flexibility index (Phi) is 5.43. The highest BCUT2D eigenvalue weighted by Gasteiger charge is 2.22. The van der Waals surface area contributed by atoms with E-state index < -0.39 is 20.7 Å². The number of sulfonamides is 1. The molecule has 118 valence electrons. The lowest BCUT2D eigenvalue weighted by Crippen LogP contribution is -2.29. The fourth-order valence-corrected chi connectivity index (χ4v) is 3.75. The van der Waals surface area contributed by atoms with Gasteiger partial charge in [-0.05, 0) is 25.0 Å². The van der Waals surface area contributed by atoms with Gasteiger partial charge in [0.2, 0.25) is 10.0 Å². The van der Waals surface area contributed by atoms with Crippen LogP contribution in [0.25, 0.3) is 0 Å². The topological polar surface area (TPSA) is 81.4 Å². The Hall–Kier alpha value is -0.890. The number of benzene rings is 1. The Bertz CT molecular complexity index is 604. The molecule has 1 aromatic carbocycles. The van der Waals surface area contributed by atoms with Crippen LogP contribution in [0.3, 0.4) is 0 Å². The molecular weight excluding hydrogens is 319 g/mol. The molecule has 0 atom stereocenters. The third-order valence-electron chi connectivity index (χ3n) is 3.37. The van der Waals surface area contributed by atoms with E-state index in [1.165, 1.54) is 6.07 Å². The van der Waals surface area contributed by atoms with Gasteiger partial charge in [-0.3, -0.25) is 0 Å². The second kappa shape index (κ2) is 6.91. The van der Waals surface area contributed by atoms with Gasteiger partial charge in [0.1, 0.15) is 4.90 Å². The zero-order valence-corrected chi connectivity index (χ0v) is 13.0. The van der Waals surface area contributed by atoms with Crippen LogP contribution < -0.4 is 10.5 Å². The minimum Gasteiger partial charge on any atom is -0.396 e. The van der Waals surface area contributed by atoms with E-state index in [-0.39, 0.29) is 30.0 Å². The molecule has 1 fully saturated rings. The van der Waals surface area contributed by atoms with Gasteiger partial charge in [0.15, 0.2) is 5.82 Å². The Balaban J connectivity index is 1.95. The predicted octanol–water partition coefficient (Wildman–Crippen LogP) is 2.30. The van der Waals surface area contributed by atoms with Crippen molar-refractivity contribution in [3.8, 4) is 0 Å². The number of ether oxygens (including phenoxy) is 1. The zero-order valence-electron chi connectivity index (χ0n) is 11.4. The van der Waals surface area contributed by atoms with E-state index in [1.54, 1.807) is 0 Å². The molecule has 0 amide bonds. The summed E-state index contributed by atoms with van der Waals surface area (Å²) in [5.41, 5.74) is 5.08. The first-order valence-electron chi connectivity index (χ1n) is 6.76. The number of nitrogens with two attached hydrogens (primary N) is 1. The smallest absolute Gasteiger partial charge is 0.243 e. The van der Waals surface area contributed by atoms with Gasteiger partial charge in [-0.1, -0.05) is 24.4 Å². The molecule has 0 radical (unpaired) electrons. The number of rotatable bonds is 6. The van der Waals surface area contributed by atoms with E-state index in [0.29, 0.717) is 0 Å². The van der Waals surface area contributed by atoms with Crippen molar-refractivity contribution >= 4 is 27.3 Å². The Morgan fingerprint density at radius 1 is 1.38 bits per heavy atom. The molecule has 1 aromatic rings. The highest BCUT2D eigenvalue weighted by molar-refractivity contribution is 7.89. The largest absolute Gasteiger partial charge is 0.396 e. The summed E-state index contributed by atoms with van der Waals surface area (Å²) in [5, 5.41) is 0.0662. The second-order valence-corrected chi connectivity index (χ2v) is 7.15. The summed E-state index contributed by atoms with van der Waals surface area (Å²) >= 11 is 5.71. The predicted molar refractivity (Wildman–Crippen MR) is 79.2 cm³/mol. The molecule has 0 unspecified atom stereocenters. The molecule has 2 rings (SSSR count). The van der Waals surface area contributed by atoms with Gasteiger partial charge in [0, 0.05) is 11.6 Å². The van der Waals surface area contributed by atoms with Crippen molar-refractivity contribution in [3.05, 3.63) is 23.0 Å². The van der Waals surface area contributed by atoms with E-state index in [0.717, 1.165) is 31.7 Å². The lowest BCUT2D eigenvalue weighted by Gasteiger charge is -2.12. The fraction of sp³-hybridized carbons (Fsp3) is 0.538. The molecule has 0 bridgehead atoms. The van der Waals surface area contributed by atoms with Crippen LogP contribution in [0, 0.1) is 5.82 Å². The molecule has 8 heteroatoms.